The molecule has 0 atom stereocenters. The number of rotatable bonds is 5. The maximum absolute atomic E-state index is 13.3. The highest BCUT2D eigenvalue weighted by atomic mass is 19.2. The Morgan fingerprint density at radius 1 is 1.13 bits per heavy atom. The molecule has 1 aliphatic carbocycles. The quantitative estimate of drug-likeness (QED) is 0.916. The van der Waals surface area contributed by atoms with E-state index in [9.17, 15) is 8.78 Å². The van der Waals surface area contributed by atoms with E-state index in [1.165, 1.54) is 25.7 Å². The minimum absolute atomic E-state index is 0.244. The summed E-state index contributed by atoms with van der Waals surface area (Å²) in [5, 5.41) is 3.34. The van der Waals surface area contributed by atoms with Crippen molar-refractivity contribution < 1.29 is 8.78 Å². The molecule has 2 aromatic rings. The standard InChI is InChI=1S/C17H22F2N4/c1-23(2)11-17(5-3-4-6-17)10-21-16-9-20-14-7-12(18)13(19)8-15(14)22-16/h7-9H,3-6,10-11H2,1-2H3,(H,21,22). The van der Waals surface area contributed by atoms with Crippen molar-refractivity contribution in [3.8, 4) is 0 Å². The third-order valence-electron chi connectivity index (χ3n) is 4.54. The highest BCUT2D eigenvalue weighted by molar-refractivity contribution is 5.75. The van der Waals surface area contributed by atoms with Gasteiger partial charge in [0.1, 0.15) is 5.82 Å². The summed E-state index contributed by atoms with van der Waals surface area (Å²) in [5.41, 5.74) is 0.967. The van der Waals surface area contributed by atoms with Gasteiger partial charge in [-0.15, -0.1) is 0 Å². The van der Waals surface area contributed by atoms with Crippen molar-refractivity contribution in [2.45, 2.75) is 25.7 Å². The molecule has 0 unspecified atom stereocenters. The lowest BCUT2D eigenvalue weighted by Crippen LogP contribution is -2.37. The monoisotopic (exact) mass is 320 g/mol. The second kappa shape index (κ2) is 6.35. The lowest BCUT2D eigenvalue weighted by atomic mass is 9.85. The maximum atomic E-state index is 13.3. The van der Waals surface area contributed by atoms with E-state index in [4.69, 9.17) is 0 Å². The lowest BCUT2D eigenvalue weighted by Gasteiger charge is -2.32. The number of nitrogens with zero attached hydrogens (tertiary/aromatic N) is 3. The van der Waals surface area contributed by atoms with Gasteiger partial charge in [-0.2, -0.15) is 0 Å². The Balaban J connectivity index is 1.77. The average Bonchev–Trinajstić information content (AvgIpc) is 2.94. The van der Waals surface area contributed by atoms with Gasteiger partial charge in [-0.05, 0) is 26.9 Å². The van der Waals surface area contributed by atoms with Gasteiger partial charge in [0.2, 0.25) is 0 Å². The Morgan fingerprint density at radius 3 is 2.43 bits per heavy atom. The highest BCUT2D eigenvalue weighted by Crippen LogP contribution is 2.38. The molecule has 124 valence electrons. The summed E-state index contributed by atoms with van der Waals surface area (Å²) in [5.74, 6) is -1.19. The molecule has 0 spiro atoms. The molecule has 1 N–H and O–H groups in total. The molecule has 1 saturated carbocycles. The molecule has 0 saturated heterocycles. The molecule has 0 aliphatic heterocycles. The van der Waals surface area contributed by atoms with E-state index >= 15 is 0 Å². The Labute approximate surface area is 134 Å². The van der Waals surface area contributed by atoms with E-state index < -0.39 is 11.6 Å². The van der Waals surface area contributed by atoms with Crippen LogP contribution in [0.2, 0.25) is 0 Å². The lowest BCUT2D eigenvalue weighted by molar-refractivity contribution is 0.215. The first-order valence-electron chi connectivity index (χ1n) is 7.98. The molecule has 1 aromatic carbocycles. The van der Waals surface area contributed by atoms with Crippen LogP contribution in [0.5, 0.6) is 0 Å². The molecule has 1 aliphatic rings. The van der Waals surface area contributed by atoms with Gasteiger partial charge >= 0.3 is 0 Å². The van der Waals surface area contributed by atoms with Crippen LogP contribution in [0.25, 0.3) is 11.0 Å². The molecular formula is C17H22F2N4. The van der Waals surface area contributed by atoms with Crippen molar-refractivity contribution in [2.75, 3.05) is 32.5 Å². The molecule has 1 fully saturated rings. The number of aromatic nitrogens is 2. The Morgan fingerprint density at radius 2 is 1.78 bits per heavy atom. The highest BCUT2D eigenvalue weighted by Gasteiger charge is 2.34. The van der Waals surface area contributed by atoms with Crippen molar-refractivity contribution in [1.82, 2.24) is 14.9 Å². The normalized spacial score (nSPS) is 17.1. The number of nitrogens with one attached hydrogen (secondary N) is 1. The van der Waals surface area contributed by atoms with Crippen LogP contribution in [-0.4, -0.2) is 42.1 Å². The summed E-state index contributed by atoms with van der Waals surface area (Å²) < 4.78 is 26.6. The number of benzene rings is 1. The molecule has 1 heterocycles. The zero-order valence-electron chi connectivity index (χ0n) is 13.6. The van der Waals surface area contributed by atoms with Gasteiger partial charge in [-0.25, -0.2) is 13.8 Å². The first kappa shape index (κ1) is 16.1. The fourth-order valence-corrected chi connectivity index (χ4v) is 3.56. The van der Waals surface area contributed by atoms with Crippen LogP contribution in [0.4, 0.5) is 14.6 Å². The second-order valence-corrected chi connectivity index (χ2v) is 6.81. The van der Waals surface area contributed by atoms with E-state index in [2.05, 4.69) is 34.3 Å². The van der Waals surface area contributed by atoms with Crippen molar-refractivity contribution in [1.29, 1.82) is 0 Å². The third-order valence-corrected chi connectivity index (χ3v) is 4.54. The first-order valence-corrected chi connectivity index (χ1v) is 7.98. The van der Waals surface area contributed by atoms with Gasteiger partial charge in [0.15, 0.2) is 11.6 Å². The van der Waals surface area contributed by atoms with E-state index in [1.54, 1.807) is 6.20 Å². The predicted octanol–water partition coefficient (Wildman–Crippen LogP) is 3.44. The zero-order chi connectivity index (χ0) is 16.4. The fourth-order valence-electron chi connectivity index (χ4n) is 3.56. The summed E-state index contributed by atoms with van der Waals surface area (Å²) in [4.78, 5) is 10.7. The van der Waals surface area contributed by atoms with Crippen LogP contribution in [0, 0.1) is 17.0 Å². The molecule has 1 aromatic heterocycles. The van der Waals surface area contributed by atoms with E-state index in [0.29, 0.717) is 16.9 Å². The van der Waals surface area contributed by atoms with Crippen LogP contribution < -0.4 is 5.32 Å². The average molecular weight is 320 g/mol. The van der Waals surface area contributed by atoms with E-state index in [1.807, 2.05) is 0 Å². The Kier molecular flexibility index (Phi) is 4.43. The van der Waals surface area contributed by atoms with Gasteiger partial charge in [0, 0.05) is 30.6 Å². The maximum Gasteiger partial charge on any atom is 0.161 e. The number of hydrogen-bond acceptors (Lipinski definition) is 4. The molecule has 6 heteroatoms. The van der Waals surface area contributed by atoms with Crippen LogP contribution in [0.3, 0.4) is 0 Å². The van der Waals surface area contributed by atoms with Gasteiger partial charge < -0.3 is 10.2 Å². The van der Waals surface area contributed by atoms with Gasteiger partial charge in [0.05, 0.1) is 17.2 Å². The van der Waals surface area contributed by atoms with Crippen molar-refractivity contribution in [3.05, 3.63) is 30.0 Å². The number of anilines is 1. The second-order valence-electron chi connectivity index (χ2n) is 6.81. The molecule has 0 bridgehead atoms. The van der Waals surface area contributed by atoms with Crippen LogP contribution in [0.1, 0.15) is 25.7 Å². The summed E-state index contributed by atoms with van der Waals surface area (Å²) in [6.07, 6.45) is 6.48. The molecular weight excluding hydrogens is 298 g/mol. The van der Waals surface area contributed by atoms with Gasteiger partial charge in [0.25, 0.3) is 0 Å². The van der Waals surface area contributed by atoms with Gasteiger partial charge in [-0.1, -0.05) is 12.8 Å². The third kappa shape index (κ3) is 3.58. The number of fused-ring (bicyclic) bond motifs is 1. The van der Waals surface area contributed by atoms with Crippen LogP contribution in [-0.2, 0) is 0 Å². The fraction of sp³-hybridized carbons (Fsp3) is 0.529. The summed E-state index contributed by atoms with van der Waals surface area (Å²) >= 11 is 0. The number of hydrogen-bond donors (Lipinski definition) is 1. The summed E-state index contributed by atoms with van der Waals surface area (Å²) in [6, 6.07) is 2.17. The molecule has 23 heavy (non-hydrogen) atoms. The summed E-state index contributed by atoms with van der Waals surface area (Å²) in [7, 11) is 4.18. The zero-order valence-corrected chi connectivity index (χ0v) is 13.6. The minimum atomic E-state index is -0.900. The van der Waals surface area contributed by atoms with Crippen LogP contribution >= 0.6 is 0 Å². The predicted molar refractivity (Wildman–Crippen MR) is 87.4 cm³/mol. The first-order chi connectivity index (χ1) is 11.0. The van der Waals surface area contributed by atoms with Gasteiger partial charge in [-0.3, -0.25) is 4.98 Å². The van der Waals surface area contributed by atoms with E-state index in [0.717, 1.165) is 25.2 Å². The van der Waals surface area contributed by atoms with Crippen LogP contribution in [0.15, 0.2) is 18.3 Å². The van der Waals surface area contributed by atoms with E-state index in [-0.39, 0.29) is 5.41 Å². The largest absolute Gasteiger partial charge is 0.368 e. The van der Waals surface area contributed by atoms with Crippen molar-refractivity contribution in [2.24, 2.45) is 5.41 Å². The minimum Gasteiger partial charge on any atom is -0.368 e. The molecule has 3 rings (SSSR count). The summed E-state index contributed by atoms with van der Waals surface area (Å²) in [6.45, 7) is 1.84. The SMILES string of the molecule is CN(C)CC1(CNc2cnc3cc(F)c(F)cc3n2)CCCC1. The Bertz CT molecular complexity index is 696. The topological polar surface area (TPSA) is 41.0 Å². The molecule has 0 radical (unpaired) electrons. The van der Waals surface area contributed by atoms with Crippen molar-refractivity contribution >= 4 is 16.9 Å². The van der Waals surface area contributed by atoms with Crippen molar-refractivity contribution in [3.63, 3.8) is 0 Å². The smallest absolute Gasteiger partial charge is 0.161 e. The Hall–Kier alpha value is -1.82. The number of halogens is 2. The molecule has 0 amide bonds. The molecule has 4 nitrogen and oxygen atoms in total.